The van der Waals surface area contributed by atoms with Crippen molar-refractivity contribution >= 4 is 28.3 Å². The van der Waals surface area contributed by atoms with Crippen LogP contribution in [0.25, 0.3) is 0 Å². The zero-order valence-corrected chi connectivity index (χ0v) is 13.4. The molecule has 0 aliphatic heterocycles. The van der Waals surface area contributed by atoms with Gasteiger partial charge >= 0.3 is 0 Å². The van der Waals surface area contributed by atoms with Gasteiger partial charge in [-0.15, -0.1) is 10.2 Å². The van der Waals surface area contributed by atoms with E-state index in [2.05, 4.69) is 34.7 Å². The third kappa shape index (κ3) is 5.24. The van der Waals surface area contributed by atoms with Crippen LogP contribution in [0.3, 0.4) is 0 Å². The highest BCUT2D eigenvalue weighted by Crippen LogP contribution is 2.18. The van der Waals surface area contributed by atoms with E-state index in [4.69, 9.17) is 0 Å². The highest BCUT2D eigenvalue weighted by Gasteiger charge is 2.24. The largest absolute Gasteiger partial charge is 0.344 e. The molecule has 2 N–H and O–H groups in total. The molecule has 112 valence electrons. The van der Waals surface area contributed by atoms with Gasteiger partial charge in [0.25, 0.3) is 0 Å². The topological polar surface area (TPSA) is 84.0 Å². The van der Waals surface area contributed by atoms with E-state index in [1.54, 1.807) is 0 Å². The SMILES string of the molecule is CC(=O)NC(C(=O)Nc1nnc(CC(C)C)s1)C(C)C. The Morgan fingerprint density at radius 1 is 1.20 bits per heavy atom. The molecule has 7 heteroatoms. The Morgan fingerprint density at radius 2 is 1.85 bits per heavy atom. The van der Waals surface area contributed by atoms with Crippen LogP contribution in [-0.2, 0) is 16.0 Å². The monoisotopic (exact) mass is 298 g/mol. The van der Waals surface area contributed by atoms with Crippen LogP contribution in [0.5, 0.6) is 0 Å². The molecule has 0 fully saturated rings. The summed E-state index contributed by atoms with van der Waals surface area (Å²) in [5.74, 6) is 0.00954. The average molecular weight is 298 g/mol. The Kier molecular flexibility index (Phi) is 6.06. The van der Waals surface area contributed by atoms with Crippen molar-refractivity contribution in [3.63, 3.8) is 0 Å². The molecule has 0 aliphatic carbocycles. The molecule has 1 aromatic heterocycles. The van der Waals surface area contributed by atoms with Gasteiger partial charge in [-0.25, -0.2) is 0 Å². The van der Waals surface area contributed by atoms with Gasteiger partial charge in [-0.1, -0.05) is 39.0 Å². The molecule has 0 aliphatic rings. The zero-order chi connectivity index (χ0) is 15.3. The number of carbonyl (C=O) groups excluding carboxylic acids is 2. The number of nitrogens with one attached hydrogen (secondary N) is 2. The maximum Gasteiger partial charge on any atom is 0.249 e. The summed E-state index contributed by atoms with van der Waals surface area (Å²) in [5.41, 5.74) is 0. The maximum atomic E-state index is 12.1. The van der Waals surface area contributed by atoms with Crippen LogP contribution in [0.15, 0.2) is 0 Å². The standard InChI is InChI=1S/C13H22N4O2S/c1-7(2)6-10-16-17-13(20-10)15-12(19)11(8(3)4)14-9(5)18/h7-8,11H,6H2,1-5H3,(H,14,18)(H,15,17,19). The van der Waals surface area contributed by atoms with E-state index in [1.165, 1.54) is 18.3 Å². The molecule has 1 rings (SSSR count). The summed E-state index contributed by atoms with van der Waals surface area (Å²) < 4.78 is 0. The third-order valence-electron chi connectivity index (χ3n) is 2.59. The molecule has 1 unspecified atom stereocenters. The van der Waals surface area contributed by atoms with Crippen LogP contribution in [0, 0.1) is 11.8 Å². The Morgan fingerprint density at radius 3 is 2.35 bits per heavy atom. The van der Waals surface area contributed by atoms with Crippen molar-refractivity contribution < 1.29 is 9.59 Å². The Hall–Kier alpha value is -1.50. The van der Waals surface area contributed by atoms with Crippen LogP contribution in [-0.4, -0.2) is 28.1 Å². The minimum atomic E-state index is -0.565. The zero-order valence-electron chi connectivity index (χ0n) is 12.6. The van der Waals surface area contributed by atoms with E-state index in [9.17, 15) is 9.59 Å². The van der Waals surface area contributed by atoms with Gasteiger partial charge in [-0.3, -0.25) is 14.9 Å². The number of hydrogen-bond donors (Lipinski definition) is 2. The number of anilines is 1. The Balaban J connectivity index is 2.68. The number of amides is 2. The van der Waals surface area contributed by atoms with Crippen LogP contribution >= 0.6 is 11.3 Å². The van der Waals surface area contributed by atoms with Gasteiger partial charge < -0.3 is 5.32 Å². The number of aromatic nitrogens is 2. The van der Waals surface area contributed by atoms with Gasteiger partial charge in [-0.2, -0.15) is 0 Å². The normalized spacial score (nSPS) is 12.6. The second-order valence-corrected chi connectivity index (χ2v) is 6.57. The van der Waals surface area contributed by atoms with Crippen molar-refractivity contribution in [3.8, 4) is 0 Å². The lowest BCUT2D eigenvalue weighted by Crippen LogP contribution is -2.46. The van der Waals surface area contributed by atoms with Gasteiger partial charge in [0.2, 0.25) is 16.9 Å². The van der Waals surface area contributed by atoms with Gasteiger partial charge in [0, 0.05) is 13.3 Å². The van der Waals surface area contributed by atoms with E-state index in [-0.39, 0.29) is 17.7 Å². The summed E-state index contributed by atoms with van der Waals surface area (Å²) in [4.78, 5) is 23.3. The second-order valence-electron chi connectivity index (χ2n) is 5.51. The lowest BCUT2D eigenvalue weighted by atomic mass is 10.0. The highest BCUT2D eigenvalue weighted by molar-refractivity contribution is 7.15. The van der Waals surface area contributed by atoms with Crippen LogP contribution in [0.1, 0.15) is 39.6 Å². The van der Waals surface area contributed by atoms with E-state index < -0.39 is 6.04 Å². The molecule has 6 nitrogen and oxygen atoms in total. The van der Waals surface area contributed by atoms with Gasteiger partial charge in [0.15, 0.2) is 0 Å². The molecule has 0 radical (unpaired) electrons. The Labute approximate surface area is 123 Å². The van der Waals surface area contributed by atoms with Crippen molar-refractivity contribution in [2.24, 2.45) is 11.8 Å². The average Bonchev–Trinajstić information content (AvgIpc) is 2.71. The third-order valence-corrected chi connectivity index (χ3v) is 3.45. The summed E-state index contributed by atoms with van der Waals surface area (Å²) in [6, 6.07) is -0.565. The molecule has 1 heterocycles. The first-order valence-electron chi connectivity index (χ1n) is 6.70. The minimum absolute atomic E-state index is 0.00181. The van der Waals surface area contributed by atoms with E-state index in [0.717, 1.165) is 11.4 Å². The molecule has 0 saturated heterocycles. The molecule has 20 heavy (non-hydrogen) atoms. The fourth-order valence-corrected chi connectivity index (χ4v) is 2.63. The van der Waals surface area contributed by atoms with Crippen LogP contribution in [0.4, 0.5) is 5.13 Å². The summed E-state index contributed by atoms with van der Waals surface area (Å²) in [7, 11) is 0. The maximum absolute atomic E-state index is 12.1. The number of nitrogens with zero attached hydrogens (tertiary/aromatic N) is 2. The molecule has 1 aromatic rings. The fourth-order valence-electron chi connectivity index (χ4n) is 1.67. The van der Waals surface area contributed by atoms with Crippen molar-refractivity contribution in [1.29, 1.82) is 0 Å². The first-order chi connectivity index (χ1) is 9.29. The fraction of sp³-hybridized carbons (Fsp3) is 0.692. The highest BCUT2D eigenvalue weighted by atomic mass is 32.1. The van der Waals surface area contributed by atoms with Crippen LogP contribution < -0.4 is 10.6 Å². The minimum Gasteiger partial charge on any atom is -0.344 e. The molecule has 0 spiro atoms. The first-order valence-corrected chi connectivity index (χ1v) is 7.51. The smallest absolute Gasteiger partial charge is 0.249 e. The molecule has 2 amide bonds. The van der Waals surface area contributed by atoms with E-state index in [1.807, 2.05) is 13.8 Å². The van der Waals surface area contributed by atoms with Gasteiger partial charge in [0.05, 0.1) is 0 Å². The molecule has 0 saturated carbocycles. The van der Waals surface area contributed by atoms with Crippen LogP contribution in [0.2, 0.25) is 0 Å². The molecular formula is C13H22N4O2S. The molecule has 0 aromatic carbocycles. The second kappa shape index (κ2) is 7.33. The summed E-state index contributed by atoms with van der Waals surface area (Å²) in [6.07, 6.45) is 0.840. The van der Waals surface area contributed by atoms with Gasteiger partial charge in [0.1, 0.15) is 11.0 Å². The van der Waals surface area contributed by atoms with Crippen molar-refractivity contribution in [1.82, 2.24) is 15.5 Å². The van der Waals surface area contributed by atoms with E-state index >= 15 is 0 Å². The summed E-state index contributed by atoms with van der Waals surface area (Å²) in [5, 5.41) is 14.7. The molecular weight excluding hydrogens is 276 g/mol. The van der Waals surface area contributed by atoms with E-state index in [0.29, 0.717) is 11.0 Å². The van der Waals surface area contributed by atoms with Gasteiger partial charge in [-0.05, 0) is 11.8 Å². The predicted molar refractivity (Wildman–Crippen MR) is 79.5 cm³/mol. The summed E-state index contributed by atoms with van der Waals surface area (Å²) >= 11 is 1.37. The number of rotatable bonds is 6. The first kappa shape index (κ1) is 16.6. The lowest BCUT2D eigenvalue weighted by molar-refractivity contribution is -0.126. The molecule has 0 bridgehead atoms. The van der Waals surface area contributed by atoms with Crippen molar-refractivity contribution in [3.05, 3.63) is 5.01 Å². The Bertz CT molecular complexity index is 471. The number of carbonyl (C=O) groups is 2. The molecule has 1 atom stereocenters. The number of hydrogen-bond acceptors (Lipinski definition) is 5. The van der Waals surface area contributed by atoms with Crippen molar-refractivity contribution in [2.75, 3.05) is 5.32 Å². The quantitative estimate of drug-likeness (QED) is 0.839. The summed E-state index contributed by atoms with van der Waals surface area (Å²) in [6.45, 7) is 9.36. The lowest BCUT2D eigenvalue weighted by Gasteiger charge is -2.19. The predicted octanol–water partition coefficient (Wildman–Crippen LogP) is 1.84. The van der Waals surface area contributed by atoms with Crippen molar-refractivity contribution in [2.45, 2.75) is 47.1 Å².